The molecular weight excluding hydrogens is 236 g/mol. The Kier molecular flexibility index (Phi) is 4.18. The number of hydrogen-bond donors (Lipinski definition) is 1. The maximum atomic E-state index is 4.61. The monoisotopic (exact) mass is 252 g/mol. The number of thioether (sulfide) groups is 2. The number of nitrogens with zero attached hydrogens (tertiary/aromatic N) is 1. The largest absolute Gasteiger partial charge is 0.335 e. The molecule has 0 spiro atoms. The second kappa shape index (κ2) is 5.64. The highest BCUT2D eigenvalue weighted by molar-refractivity contribution is 8.14. The zero-order valence-electron chi connectivity index (χ0n) is 9.56. The van der Waals surface area contributed by atoms with Gasteiger partial charge in [-0.05, 0) is 36.9 Å². The Hall–Kier alpha value is -0.610. The van der Waals surface area contributed by atoms with Gasteiger partial charge in [-0.15, -0.1) is 11.8 Å². The summed E-state index contributed by atoms with van der Waals surface area (Å²) >= 11 is 3.57. The Morgan fingerprint density at radius 3 is 2.75 bits per heavy atom. The van der Waals surface area contributed by atoms with Crippen LogP contribution >= 0.6 is 23.5 Å². The lowest BCUT2D eigenvalue weighted by molar-refractivity contribution is 0.738. The van der Waals surface area contributed by atoms with Crippen molar-refractivity contribution in [3.8, 4) is 0 Å². The standard InChI is InChI=1S/C12H16N2S2/c1-3-9-8-16-12(13-9)14-10-4-6-11(15-2)7-5-10/h4-7,9H,3,8H2,1-2H3,(H,13,14). The summed E-state index contributed by atoms with van der Waals surface area (Å²) in [7, 11) is 0. The molecule has 1 N–H and O–H groups in total. The fraction of sp³-hybridized carbons (Fsp3) is 0.417. The number of anilines is 1. The molecular formula is C12H16N2S2. The van der Waals surface area contributed by atoms with E-state index in [1.165, 1.54) is 4.90 Å². The van der Waals surface area contributed by atoms with E-state index in [2.05, 4.69) is 47.8 Å². The van der Waals surface area contributed by atoms with E-state index in [1.807, 2.05) is 11.8 Å². The van der Waals surface area contributed by atoms with Gasteiger partial charge in [-0.2, -0.15) is 0 Å². The maximum Gasteiger partial charge on any atom is 0.161 e. The van der Waals surface area contributed by atoms with Gasteiger partial charge in [-0.1, -0.05) is 18.7 Å². The van der Waals surface area contributed by atoms with E-state index >= 15 is 0 Å². The van der Waals surface area contributed by atoms with Crippen molar-refractivity contribution in [3.63, 3.8) is 0 Å². The first-order valence-electron chi connectivity index (χ1n) is 5.43. The smallest absolute Gasteiger partial charge is 0.161 e. The molecule has 0 saturated heterocycles. The number of nitrogens with one attached hydrogen (secondary N) is 1. The highest BCUT2D eigenvalue weighted by Crippen LogP contribution is 2.23. The molecule has 4 heteroatoms. The molecule has 1 atom stereocenters. The van der Waals surface area contributed by atoms with E-state index in [0.29, 0.717) is 6.04 Å². The Morgan fingerprint density at radius 2 is 2.19 bits per heavy atom. The SMILES string of the molecule is CCC1CSC(Nc2ccc(SC)cc2)=N1. The predicted molar refractivity (Wildman–Crippen MR) is 75.8 cm³/mol. The van der Waals surface area contributed by atoms with Gasteiger partial charge in [0.15, 0.2) is 5.17 Å². The molecule has 0 radical (unpaired) electrons. The normalized spacial score (nSPS) is 19.6. The van der Waals surface area contributed by atoms with Crippen LogP contribution in [0.15, 0.2) is 34.2 Å². The number of benzene rings is 1. The molecule has 2 nitrogen and oxygen atoms in total. The van der Waals surface area contributed by atoms with Gasteiger partial charge < -0.3 is 5.32 Å². The van der Waals surface area contributed by atoms with E-state index in [9.17, 15) is 0 Å². The second-order valence-electron chi connectivity index (χ2n) is 3.66. The summed E-state index contributed by atoms with van der Waals surface area (Å²) in [6, 6.07) is 8.97. The van der Waals surface area contributed by atoms with Crippen LogP contribution in [-0.4, -0.2) is 23.2 Å². The van der Waals surface area contributed by atoms with E-state index < -0.39 is 0 Å². The first kappa shape index (κ1) is 11.9. The van der Waals surface area contributed by atoms with Crippen molar-refractivity contribution >= 4 is 34.4 Å². The topological polar surface area (TPSA) is 24.4 Å². The molecule has 86 valence electrons. The summed E-state index contributed by atoms with van der Waals surface area (Å²) in [5.74, 6) is 1.11. The molecule has 1 aromatic rings. The van der Waals surface area contributed by atoms with Gasteiger partial charge >= 0.3 is 0 Å². The molecule has 1 heterocycles. The van der Waals surface area contributed by atoms with Crippen molar-refractivity contribution in [2.45, 2.75) is 24.3 Å². The number of amidine groups is 1. The maximum absolute atomic E-state index is 4.61. The van der Waals surface area contributed by atoms with Gasteiger partial charge in [0.05, 0.1) is 6.04 Å². The zero-order chi connectivity index (χ0) is 11.4. The molecule has 0 fully saturated rings. The molecule has 1 aromatic carbocycles. The molecule has 1 aliphatic heterocycles. The quantitative estimate of drug-likeness (QED) is 0.830. The van der Waals surface area contributed by atoms with Gasteiger partial charge in [-0.25, -0.2) is 0 Å². The molecule has 0 amide bonds. The number of rotatable bonds is 3. The van der Waals surface area contributed by atoms with Crippen LogP contribution in [-0.2, 0) is 0 Å². The molecule has 0 bridgehead atoms. The predicted octanol–water partition coefficient (Wildman–Crippen LogP) is 3.70. The first-order valence-corrected chi connectivity index (χ1v) is 7.64. The third-order valence-corrected chi connectivity index (χ3v) is 4.30. The number of hydrogen-bond acceptors (Lipinski definition) is 4. The fourth-order valence-electron chi connectivity index (χ4n) is 1.49. The van der Waals surface area contributed by atoms with E-state index in [1.54, 1.807) is 11.8 Å². The Balaban J connectivity index is 1.99. The van der Waals surface area contributed by atoms with Crippen LogP contribution in [0.25, 0.3) is 0 Å². The third kappa shape index (κ3) is 2.95. The average Bonchev–Trinajstić information content (AvgIpc) is 2.78. The van der Waals surface area contributed by atoms with Crippen molar-refractivity contribution in [2.24, 2.45) is 4.99 Å². The van der Waals surface area contributed by atoms with Crippen LogP contribution in [0.5, 0.6) is 0 Å². The van der Waals surface area contributed by atoms with Crippen LogP contribution in [0.2, 0.25) is 0 Å². The molecule has 1 aliphatic rings. The van der Waals surface area contributed by atoms with Crippen LogP contribution in [0.1, 0.15) is 13.3 Å². The third-order valence-electron chi connectivity index (χ3n) is 2.52. The van der Waals surface area contributed by atoms with Crippen molar-refractivity contribution in [3.05, 3.63) is 24.3 Å². The minimum Gasteiger partial charge on any atom is -0.335 e. The molecule has 0 aromatic heterocycles. The van der Waals surface area contributed by atoms with E-state index in [-0.39, 0.29) is 0 Å². The molecule has 1 unspecified atom stereocenters. The molecule has 0 aliphatic carbocycles. The molecule has 16 heavy (non-hydrogen) atoms. The molecule has 0 saturated carbocycles. The Morgan fingerprint density at radius 1 is 1.44 bits per heavy atom. The van der Waals surface area contributed by atoms with Crippen LogP contribution in [0.4, 0.5) is 5.69 Å². The van der Waals surface area contributed by atoms with Crippen molar-refractivity contribution < 1.29 is 0 Å². The van der Waals surface area contributed by atoms with Gasteiger partial charge in [0.2, 0.25) is 0 Å². The Labute approximate surface area is 105 Å². The van der Waals surface area contributed by atoms with Crippen molar-refractivity contribution in [2.75, 3.05) is 17.3 Å². The minimum absolute atomic E-state index is 0.498. The first-order chi connectivity index (χ1) is 7.81. The van der Waals surface area contributed by atoms with Gasteiger partial charge in [0, 0.05) is 16.3 Å². The fourth-order valence-corrected chi connectivity index (χ4v) is 2.97. The molecule has 2 rings (SSSR count). The van der Waals surface area contributed by atoms with Crippen LogP contribution < -0.4 is 5.32 Å². The minimum atomic E-state index is 0.498. The summed E-state index contributed by atoms with van der Waals surface area (Å²) in [6.07, 6.45) is 3.22. The zero-order valence-corrected chi connectivity index (χ0v) is 11.2. The lowest BCUT2D eigenvalue weighted by atomic mass is 10.3. The summed E-state index contributed by atoms with van der Waals surface area (Å²) in [6.45, 7) is 2.19. The highest BCUT2D eigenvalue weighted by atomic mass is 32.2. The van der Waals surface area contributed by atoms with Crippen molar-refractivity contribution in [1.29, 1.82) is 0 Å². The Bertz CT molecular complexity index is 373. The summed E-state index contributed by atoms with van der Waals surface area (Å²) < 4.78 is 0. The van der Waals surface area contributed by atoms with Crippen LogP contribution in [0, 0.1) is 0 Å². The van der Waals surface area contributed by atoms with Crippen molar-refractivity contribution in [1.82, 2.24) is 0 Å². The average molecular weight is 252 g/mol. The van der Waals surface area contributed by atoms with Gasteiger partial charge in [0.25, 0.3) is 0 Å². The summed E-state index contributed by atoms with van der Waals surface area (Å²) in [4.78, 5) is 5.90. The lowest BCUT2D eigenvalue weighted by Gasteiger charge is -2.05. The highest BCUT2D eigenvalue weighted by Gasteiger charge is 2.16. The second-order valence-corrected chi connectivity index (χ2v) is 5.55. The van der Waals surface area contributed by atoms with Crippen LogP contribution in [0.3, 0.4) is 0 Å². The number of aliphatic imine (C=N–C) groups is 1. The van der Waals surface area contributed by atoms with Gasteiger partial charge in [-0.3, -0.25) is 4.99 Å². The van der Waals surface area contributed by atoms with E-state index in [4.69, 9.17) is 0 Å². The summed E-state index contributed by atoms with van der Waals surface area (Å²) in [5.41, 5.74) is 1.13. The summed E-state index contributed by atoms with van der Waals surface area (Å²) in [5, 5.41) is 4.42. The lowest BCUT2D eigenvalue weighted by Crippen LogP contribution is -2.05. The van der Waals surface area contributed by atoms with Gasteiger partial charge in [0.1, 0.15) is 0 Å². The van der Waals surface area contributed by atoms with E-state index in [0.717, 1.165) is 23.0 Å².